The van der Waals surface area contributed by atoms with E-state index in [0.29, 0.717) is 10.6 Å². The number of hydrogen-bond acceptors (Lipinski definition) is 4. The number of nitrogens with one attached hydrogen (secondary N) is 1. The Labute approximate surface area is 105 Å². The maximum absolute atomic E-state index is 11.9. The molecule has 0 saturated carbocycles. The van der Waals surface area contributed by atoms with Crippen LogP contribution < -0.4 is 5.32 Å². The minimum Gasteiger partial charge on any atom is -0.465 e. The minimum atomic E-state index is -0.417. The van der Waals surface area contributed by atoms with Crippen molar-refractivity contribution in [3.8, 4) is 0 Å². The predicted octanol–water partition coefficient (Wildman–Crippen LogP) is 2.91. The third-order valence-electron chi connectivity index (χ3n) is 2.65. The first-order chi connectivity index (χ1) is 8.13. The molecule has 1 aromatic rings. The van der Waals surface area contributed by atoms with Gasteiger partial charge in [0, 0.05) is 5.92 Å². The van der Waals surface area contributed by atoms with E-state index in [1.165, 1.54) is 18.4 Å². The monoisotopic (exact) mass is 255 g/mol. The van der Waals surface area contributed by atoms with E-state index in [1.54, 1.807) is 11.4 Å². The van der Waals surface area contributed by atoms with Gasteiger partial charge in [0.1, 0.15) is 4.88 Å². The molecule has 4 nitrogen and oxygen atoms in total. The molecule has 0 unspecified atom stereocenters. The van der Waals surface area contributed by atoms with Crippen LogP contribution >= 0.6 is 11.3 Å². The van der Waals surface area contributed by atoms with Crippen molar-refractivity contribution in [1.29, 1.82) is 0 Å². The van der Waals surface area contributed by atoms with Gasteiger partial charge in [-0.1, -0.05) is 13.8 Å². The molecule has 1 amide bonds. The Morgan fingerprint density at radius 2 is 2.06 bits per heavy atom. The van der Waals surface area contributed by atoms with E-state index >= 15 is 0 Å². The van der Waals surface area contributed by atoms with Crippen LogP contribution in [-0.2, 0) is 9.53 Å². The van der Waals surface area contributed by atoms with Crippen LogP contribution in [0.25, 0.3) is 0 Å². The van der Waals surface area contributed by atoms with Crippen LogP contribution in [0.2, 0.25) is 0 Å². The largest absolute Gasteiger partial charge is 0.465 e. The van der Waals surface area contributed by atoms with Gasteiger partial charge in [-0.3, -0.25) is 4.79 Å². The summed E-state index contributed by atoms with van der Waals surface area (Å²) < 4.78 is 4.65. The molecule has 0 radical (unpaired) electrons. The normalized spacial score (nSPS) is 10.4. The highest BCUT2D eigenvalue weighted by Crippen LogP contribution is 2.24. The van der Waals surface area contributed by atoms with Gasteiger partial charge in [0.05, 0.1) is 12.8 Å². The van der Waals surface area contributed by atoms with E-state index in [2.05, 4.69) is 10.1 Å². The van der Waals surface area contributed by atoms with E-state index in [0.717, 1.165) is 12.8 Å². The fourth-order valence-electron chi connectivity index (χ4n) is 1.55. The fraction of sp³-hybridized carbons (Fsp3) is 0.500. The van der Waals surface area contributed by atoms with Crippen molar-refractivity contribution < 1.29 is 14.3 Å². The smallest absolute Gasteiger partial charge is 0.350 e. The van der Waals surface area contributed by atoms with E-state index in [9.17, 15) is 9.59 Å². The van der Waals surface area contributed by atoms with Gasteiger partial charge < -0.3 is 10.1 Å². The maximum Gasteiger partial charge on any atom is 0.350 e. The molecule has 0 aromatic carbocycles. The molecule has 1 N–H and O–H groups in total. The number of carbonyl (C=O) groups excluding carboxylic acids is 2. The summed E-state index contributed by atoms with van der Waals surface area (Å²) in [6.45, 7) is 3.95. The minimum absolute atomic E-state index is 0.0135. The Balaban J connectivity index is 2.78. The molecule has 0 fully saturated rings. The van der Waals surface area contributed by atoms with Gasteiger partial charge in [0.2, 0.25) is 5.91 Å². The summed E-state index contributed by atoms with van der Waals surface area (Å²) in [6.07, 6.45) is 1.58. The summed E-state index contributed by atoms with van der Waals surface area (Å²) in [5.74, 6) is -0.473. The van der Waals surface area contributed by atoms with Gasteiger partial charge in [0.15, 0.2) is 0 Å². The van der Waals surface area contributed by atoms with Crippen molar-refractivity contribution in [1.82, 2.24) is 0 Å². The van der Waals surface area contributed by atoms with Crippen LogP contribution in [0, 0.1) is 5.92 Å². The number of hydrogen-bond donors (Lipinski definition) is 1. The Morgan fingerprint density at radius 1 is 1.41 bits per heavy atom. The van der Waals surface area contributed by atoms with Crippen molar-refractivity contribution in [3.63, 3.8) is 0 Å². The second-order valence-electron chi connectivity index (χ2n) is 3.66. The highest BCUT2D eigenvalue weighted by atomic mass is 32.1. The Morgan fingerprint density at radius 3 is 2.59 bits per heavy atom. The zero-order chi connectivity index (χ0) is 12.8. The number of rotatable bonds is 5. The van der Waals surface area contributed by atoms with E-state index < -0.39 is 5.97 Å². The summed E-state index contributed by atoms with van der Waals surface area (Å²) in [5.41, 5.74) is 0.541. The third-order valence-corrected chi connectivity index (χ3v) is 3.54. The number of methoxy groups -OCH3 is 1. The van der Waals surface area contributed by atoms with E-state index in [-0.39, 0.29) is 11.8 Å². The van der Waals surface area contributed by atoms with Gasteiger partial charge in [-0.25, -0.2) is 4.79 Å². The lowest BCUT2D eigenvalue weighted by Crippen LogP contribution is -2.22. The van der Waals surface area contributed by atoms with Crippen LogP contribution in [-0.4, -0.2) is 19.0 Å². The molecule has 0 spiro atoms. The molecule has 0 aliphatic carbocycles. The molecule has 94 valence electrons. The summed E-state index contributed by atoms with van der Waals surface area (Å²) in [4.78, 5) is 23.7. The standard InChI is InChI=1S/C12H17NO3S/c1-4-8(5-2)11(14)13-9-6-7-17-10(9)12(15)16-3/h6-8H,4-5H2,1-3H3,(H,13,14). The lowest BCUT2D eigenvalue weighted by Gasteiger charge is -2.12. The Kier molecular flexibility index (Phi) is 5.15. The van der Waals surface area contributed by atoms with Crippen LogP contribution in [0.3, 0.4) is 0 Å². The predicted molar refractivity (Wildman–Crippen MR) is 68.4 cm³/mol. The Hall–Kier alpha value is -1.36. The number of amides is 1. The van der Waals surface area contributed by atoms with Crippen LogP contribution in [0.1, 0.15) is 36.4 Å². The topological polar surface area (TPSA) is 55.4 Å². The lowest BCUT2D eigenvalue weighted by molar-refractivity contribution is -0.120. The third kappa shape index (κ3) is 3.30. The van der Waals surface area contributed by atoms with Crippen molar-refractivity contribution in [2.75, 3.05) is 12.4 Å². The van der Waals surface area contributed by atoms with Gasteiger partial charge in [-0.2, -0.15) is 0 Å². The molecule has 5 heteroatoms. The number of anilines is 1. The number of ether oxygens (including phenoxy) is 1. The molecular formula is C12H17NO3S. The first kappa shape index (κ1) is 13.7. The summed E-state index contributed by atoms with van der Waals surface area (Å²) in [7, 11) is 1.33. The molecule has 0 aliphatic rings. The van der Waals surface area contributed by atoms with E-state index in [1.807, 2.05) is 13.8 Å². The van der Waals surface area contributed by atoms with Crippen molar-refractivity contribution in [2.45, 2.75) is 26.7 Å². The molecular weight excluding hydrogens is 238 g/mol. The first-order valence-corrected chi connectivity index (χ1v) is 6.48. The molecule has 0 saturated heterocycles. The molecule has 17 heavy (non-hydrogen) atoms. The highest BCUT2D eigenvalue weighted by Gasteiger charge is 2.19. The molecule has 0 atom stereocenters. The average molecular weight is 255 g/mol. The van der Waals surface area contributed by atoms with Gasteiger partial charge >= 0.3 is 5.97 Å². The van der Waals surface area contributed by atoms with Crippen molar-refractivity contribution in [3.05, 3.63) is 16.3 Å². The van der Waals surface area contributed by atoms with Crippen molar-refractivity contribution >= 4 is 28.9 Å². The van der Waals surface area contributed by atoms with Crippen molar-refractivity contribution in [2.24, 2.45) is 5.92 Å². The maximum atomic E-state index is 11.9. The van der Waals surface area contributed by atoms with Crippen LogP contribution in [0.5, 0.6) is 0 Å². The van der Waals surface area contributed by atoms with E-state index in [4.69, 9.17) is 0 Å². The summed E-state index contributed by atoms with van der Waals surface area (Å²) in [5, 5.41) is 4.54. The number of esters is 1. The van der Waals surface area contributed by atoms with Gasteiger partial charge in [0.25, 0.3) is 0 Å². The molecule has 1 rings (SSSR count). The van der Waals surface area contributed by atoms with Crippen LogP contribution in [0.15, 0.2) is 11.4 Å². The number of carbonyl (C=O) groups is 2. The average Bonchev–Trinajstić information content (AvgIpc) is 2.77. The molecule has 0 bridgehead atoms. The fourth-order valence-corrected chi connectivity index (χ4v) is 2.32. The summed E-state index contributed by atoms with van der Waals surface area (Å²) >= 11 is 1.26. The molecule has 1 heterocycles. The van der Waals surface area contributed by atoms with Gasteiger partial charge in [-0.15, -0.1) is 11.3 Å². The first-order valence-electron chi connectivity index (χ1n) is 5.60. The van der Waals surface area contributed by atoms with Gasteiger partial charge in [-0.05, 0) is 24.3 Å². The second-order valence-corrected chi connectivity index (χ2v) is 4.57. The Bertz CT molecular complexity index is 396. The van der Waals surface area contributed by atoms with Crippen LogP contribution in [0.4, 0.5) is 5.69 Å². The summed E-state index contributed by atoms with van der Waals surface area (Å²) in [6, 6.07) is 1.72. The molecule has 1 aromatic heterocycles. The SMILES string of the molecule is CCC(CC)C(=O)Nc1ccsc1C(=O)OC. The zero-order valence-electron chi connectivity index (χ0n) is 10.3. The number of thiophene rings is 1. The lowest BCUT2D eigenvalue weighted by atomic mass is 10.0. The zero-order valence-corrected chi connectivity index (χ0v) is 11.1. The second kappa shape index (κ2) is 6.39. The highest BCUT2D eigenvalue weighted by molar-refractivity contribution is 7.12. The quantitative estimate of drug-likeness (QED) is 0.823. The molecule has 0 aliphatic heterocycles.